The summed E-state index contributed by atoms with van der Waals surface area (Å²) in [5.41, 5.74) is 3.61. The summed E-state index contributed by atoms with van der Waals surface area (Å²) >= 11 is 0. The number of piperazine rings is 1. The van der Waals surface area contributed by atoms with E-state index in [-0.39, 0.29) is 5.91 Å². The van der Waals surface area contributed by atoms with Crippen LogP contribution in [-0.4, -0.2) is 53.5 Å². The summed E-state index contributed by atoms with van der Waals surface area (Å²) in [7, 11) is 0. The normalized spacial score (nSPS) is 17.2. The molecule has 1 aromatic heterocycles. The number of nitrogens with zero attached hydrogens (tertiary/aromatic N) is 5. The van der Waals surface area contributed by atoms with E-state index in [9.17, 15) is 4.79 Å². The van der Waals surface area contributed by atoms with Crippen LogP contribution in [-0.2, 0) is 11.2 Å². The molecule has 3 heterocycles. The maximum Gasteiger partial charge on any atom is 0.227 e. The van der Waals surface area contributed by atoms with Gasteiger partial charge in [0.25, 0.3) is 0 Å². The van der Waals surface area contributed by atoms with Crippen LogP contribution in [0.2, 0.25) is 0 Å². The van der Waals surface area contributed by atoms with Crippen LogP contribution >= 0.6 is 0 Å². The molecule has 1 aromatic carbocycles. The van der Waals surface area contributed by atoms with Crippen LogP contribution in [0, 0.1) is 6.92 Å². The number of para-hydroxylation sites is 1. The Bertz CT molecular complexity index is 814. The highest BCUT2D eigenvalue weighted by atomic mass is 16.2. The number of anilines is 3. The van der Waals surface area contributed by atoms with Crippen LogP contribution in [0.3, 0.4) is 0 Å². The van der Waals surface area contributed by atoms with Gasteiger partial charge in [0.2, 0.25) is 11.9 Å². The molecule has 0 radical (unpaired) electrons. The van der Waals surface area contributed by atoms with Crippen LogP contribution in [0.4, 0.5) is 17.5 Å². The molecule has 26 heavy (non-hydrogen) atoms. The highest BCUT2D eigenvalue weighted by Crippen LogP contribution is 2.33. The van der Waals surface area contributed by atoms with E-state index in [0.717, 1.165) is 63.0 Å². The second-order valence-corrected chi connectivity index (χ2v) is 7.04. The lowest BCUT2D eigenvalue weighted by atomic mass is 10.0. The average molecular weight is 351 g/mol. The number of rotatable bonds is 2. The first kappa shape index (κ1) is 16.8. The molecule has 1 amide bonds. The zero-order valence-electron chi connectivity index (χ0n) is 15.5. The zero-order chi connectivity index (χ0) is 18.1. The summed E-state index contributed by atoms with van der Waals surface area (Å²) in [4.78, 5) is 27.5. The minimum Gasteiger partial charge on any atom is -0.339 e. The minimum absolute atomic E-state index is 0.139. The van der Waals surface area contributed by atoms with Crippen LogP contribution in [0.25, 0.3) is 0 Å². The SMILES string of the molecule is CC(=O)N1CCN(c2nc(C)cc(N3CCCc4ccccc43)n2)CC1. The van der Waals surface area contributed by atoms with E-state index in [1.165, 1.54) is 11.3 Å². The smallest absolute Gasteiger partial charge is 0.227 e. The molecule has 2 aliphatic heterocycles. The van der Waals surface area contributed by atoms with Gasteiger partial charge in [0.15, 0.2) is 0 Å². The summed E-state index contributed by atoms with van der Waals surface area (Å²) < 4.78 is 0. The Morgan fingerprint density at radius 2 is 1.81 bits per heavy atom. The Kier molecular flexibility index (Phi) is 4.49. The number of amides is 1. The predicted octanol–water partition coefficient (Wildman–Crippen LogP) is 2.54. The molecule has 0 bridgehead atoms. The van der Waals surface area contributed by atoms with Gasteiger partial charge in [0.1, 0.15) is 5.82 Å². The summed E-state index contributed by atoms with van der Waals surface area (Å²) in [5, 5.41) is 0. The monoisotopic (exact) mass is 351 g/mol. The summed E-state index contributed by atoms with van der Waals surface area (Å²) in [6.45, 7) is 7.65. The fourth-order valence-electron chi connectivity index (χ4n) is 3.81. The third-order valence-electron chi connectivity index (χ3n) is 5.22. The third-order valence-corrected chi connectivity index (χ3v) is 5.22. The molecule has 0 unspecified atom stereocenters. The van der Waals surface area contributed by atoms with Gasteiger partial charge < -0.3 is 14.7 Å². The molecule has 0 atom stereocenters. The number of aromatic nitrogens is 2. The standard InChI is InChI=1S/C20H25N5O/c1-15-14-19(25-9-5-7-17-6-3-4-8-18(17)25)22-20(21-15)24-12-10-23(11-13-24)16(2)26/h3-4,6,8,14H,5,7,9-13H2,1-2H3. The first-order chi connectivity index (χ1) is 12.6. The Labute approximate surface area is 154 Å². The highest BCUT2D eigenvalue weighted by molar-refractivity contribution is 5.73. The third kappa shape index (κ3) is 3.23. The zero-order valence-corrected chi connectivity index (χ0v) is 15.5. The average Bonchev–Trinajstić information content (AvgIpc) is 2.67. The minimum atomic E-state index is 0.139. The number of carbonyl (C=O) groups is 1. The molecule has 0 spiro atoms. The first-order valence-electron chi connectivity index (χ1n) is 9.33. The molecule has 6 heteroatoms. The van der Waals surface area contributed by atoms with Crippen LogP contribution in [0.15, 0.2) is 30.3 Å². The van der Waals surface area contributed by atoms with E-state index in [2.05, 4.69) is 45.1 Å². The van der Waals surface area contributed by atoms with Crippen molar-refractivity contribution < 1.29 is 4.79 Å². The molecular weight excluding hydrogens is 326 g/mol. The molecule has 0 saturated carbocycles. The maximum atomic E-state index is 11.5. The Balaban J connectivity index is 1.61. The van der Waals surface area contributed by atoms with E-state index < -0.39 is 0 Å². The van der Waals surface area contributed by atoms with E-state index in [1.807, 2.05) is 11.8 Å². The predicted molar refractivity (Wildman–Crippen MR) is 103 cm³/mol. The quantitative estimate of drug-likeness (QED) is 0.832. The molecule has 1 saturated heterocycles. The fourth-order valence-corrected chi connectivity index (χ4v) is 3.81. The van der Waals surface area contributed by atoms with Crippen molar-refractivity contribution in [1.29, 1.82) is 0 Å². The highest BCUT2D eigenvalue weighted by Gasteiger charge is 2.23. The van der Waals surface area contributed by atoms with Gasteiger partial charge in [-0.05, 0) is 31.4 Å². The second-order valence-electron chi connectivity index (χ2n) is 7.04. The number of carbonyl (C=O) groups excluding carboxylic acids is 1. The molecule has 1 fully saturated rings. The fraction of sp³-hybridized carbons (Fsp3) is 0.450. The van der Waals surface area contributed by atoms with Crippen molar-refractivity contribution in [1.82, 2.24) is 14.9 Å². The van der Waals surface area contributed by atoms with Crippen molar-refractivity contribution in [3.05, 3.63) is 41.6 Å². The molecule has 2 aliphatic rings. The summed E-state index contributed by atoms with van der Waals surface area (Å²) in [5.74, 6) is 1.88. The molecule has 4 rings (SSSR count). The van der Waals surface area contributed by atoms with Gasteiger partial charge in [-0.15, -0.1) is 0 Å². The lowest BCUT2D eigenvalue weighted by Gasteiger charge is -2.35. The van der Waals surface area contributed by atoms with Gasteiger partial charge in [-0.25, -0.2) is 4.98 Å². The first-order valence-corrected chi connectivity index (χ1v) is 9.33. The van der Waals surface area contributed by atoms with E-state index in [0.29, 0.717) is 0 Å². The topological polar surface area (TPSA) is 52.6 Å². The van der Waals surface area contributed by atoms with E-state index in [1.54, 1.807) is 6.92 Å². The van der Waals surface area contributed by atoms with Gasteiger partial charge >= 0.3 is 0 Å². The van der Waals surface area contributed by atoms with Gasteiger partial charge in [0.05, 0.1) is 0 Å². The number of hydrogen-bond acceptors (Lipinski definition) is 5. The van der Waals surface area contributed by atoms with Crippen molar-refractivity contribution in [2.45, 2.75) is 26.7 Å². The van der Waals surface area contributed by atoms with Crippen LogP contribution in [0.1, 0.15) is 24.6 Å². The number of fused-ring (bicyclic) bond motifs is 1. The number of benzene rings is 1. The Hall–Kier alpha value is -2.63. The molecule has 136 valence electrons. The lowest BCUT2D eigenvalue weighted by Crippen LogP contribution is -2.48. The van der Waals surface area contributed by atoms with Gasteiger partial charge in [-0.1, -0.05) is 18.2 Å². The Morgan fingerprint density at radius 3 is 2.58 bits per heavy atom. The molecular formula is C20H25N5O. The van der Waals surface area contributed by atoms with Crippen LogP contribution in [0.5, 0.6) is 0 Å². The van der Waals surface area contributed by atoms with E-state index >= 15 is 0 Å². The molecule has 0 N–H and O–H groups in total. The van der Waals surface area contributed by atoms with Crippen molar-refractivity contribution in [3.63, 3.8) is 0 Å². The number of hydrogen-bond donors (Lipinski definition) is 0. The lowest BCUT2D eigenvalue weighted by molar-refractivity contribution is -0.129. The second kappa shape index (κ2) is 6.94. The van der Waals surface area contributed by atoms with Crippen molar-refractivity contribution in [2.75, 3.05) is 42.5 Å². The molecule has 2 aromatic rings. The van der Waals surface area contributed by atoms with Gasteiger partial charge in [-0.2, -0.15) is 4.98 Å². The van der Waals surface area contributed by atoms with E-state index in [4.69, 9.17) is 4.98 Å². The summed E-state index contributed by atoms with van der Waals surface area (Å²) in [6.07, 6.45) is 2.25. The largest absolute Gasteiger partial charge is 0.339 e. The maximum absolute atomic E-state index is 11.5. The Morgan fingerprint density at radius 1 is 1.04 bits per heavy atom. The van der Waals surface area contributed by atoms with Gasteiger partial charge in [0, 0.05) is 57.1 Å². The van der Waals surface area contributed by atoms with Gasteiger partial charge in [-0.3, -0.25) is 4.79 Å². The summed E-state index contributed by atoms with van der Waals surface area (Å²) in [6, 6.07) is 10.6. The molecule has 6 nitrogen and oxygen atoms in total. The van der Waals surface area contributed by atoms with Crippen molar-refractivity contribution >= 4 is 23.4 Å². The van der Waals surface area contributed by atoms with Crippen molar-refractivity contribution in [3.8, 4) is 0 Å². The van der Waals surface area contributed by atoms with Crippen molar-refractivity contribution in [2.24, 2.45) is 0 Å². The van der Waals surface area contributed by atoms with Crippen LogP contribution < -0.4 is 9.80 Å². The number of aryl methyl sites for hydroxylation is 2. The molecule has 0 aliphatic carbocycles.